The lowest BCUT2D eigenvalue weighted by molar-refractivity contribution is -0.141. The Hall–Kier alpha value is -3.63. The second kappa shape index (κ2) is 9.11. The van der Waals surface area contributed by atoms with Crippen LogP contribution in [0.15, 0.2) is 52.8 Å². The average molecular weight is 504 g/mol. The van der Waals surface area contributed by atoms with Crippen LogP contribution in [0.2, 0.25) is 0 Å². The first-order valence-electron chi connectivity index (χ1n) is 11.4. The van der Waals surface area contributed by atoms with Gasteiger partial charge in [0.25, 0.3) is 11.8 Å². The number of alkyl halides is 3. The number of carbonyl (C=O) groups is 2. The van der Waals surface area contributed by atoms with Crippen LogP contribution in [0.5, 0.6) is 0 Å². The molecule has 2 amide bonds. The van der Waals surface area contributed by atoms with E-state index in [1.165, 1.54) is 17.3 Å². The molecule has 5 rings (SSSR count). The number of carbonyl (C=O) groups excluding carboxylic acids is 2. The lowest BCUT2D eigenvalue weighted by Crippen LogP contribution is -2.43. The second-order valence-corrected chi connectivity index (χ2v) is 9.03. The summed E-state index contributed by atoms with van der Waals surface area (Å²) in [7, 11) is 0. The fourth-order valence-electron chi connectivity index (χ4n) is 5.10. The van der Waals surface area contributed by atoms with Crippen molar-refractivity contribution < 1.29 is 31.5 Å². The molecule has 0 N–H and O–H groups in total. The van der Waals surface area contributed by atoms with E-state index < -0.39 is 29.3 Å². The molecule has 1 aromatic carbocycles. The summed E-state index contributed by atoms with van der Waals surface area (Å²) in [6.45, 7) is 1.25. The molecule has 0 radical (unpaired) electrons. The van der Waals surface area contributed by atoms with E-state index in [0.29, 0.717) is 30.3 Å². The van der Waals surface area contributed by atoms with Crippen molar-refractivity contribution in [2.45, 2.75) is 24.9 Å². The highest BCUT2D eigenvalue weighted by molar-refractivity contribution is 6.46. The van der Waals surface area contributed by atoms with Gasteiger partial charge in [0.2, 0.25) is 0 Å². The van der Waals surface area contributed by atoms with Crippen molar-refractivity contribution in [3.63, 3.8) is 0 Å². The molecule has 0 saturated carbocycles. The molecule has 0 bridgehead atoms. The Kier molecular flexibility index (Phi) is 6.09. The third kappa shape index (κ3) is 4.27. The molecule has 0 unspecified atom stereocenters. The maximum absolute atomic E-state index is 14.0. The zero-order chi connectivity index (χ0) is 25.6. The van der Waals surface area contributed by atoms with E-state index in [-0.39, 0.29) is 55.6 Å². The van der Waals surface area contributed by atoms with Gasteiger partial charge in [0, 0.05) is 49.7 Å². The number of pyridine rings is 1. The third-order valence-corrected chi connectivity index (χ3v) is 6.92. The summed E-state index contributed by atoms with van der Waals surface area (Å²) in [6, 6.07) is 4.92. The second-order valence-electron chi connectivity index (χ2n) is 9.03. The minimum atomic E-state index is -5.03. The molecule has 11 heteroatoms. The maximum Gasteiger partial charge on any atom is 0.419 e. The first-order chi connectivity index (χ1) is 17.1. The fourth-order valence-corrected chi connectivity index (χ4v) is 5.10. The Bertz CT molecular complexity index is 1280. The SMILES string of the molecule is O=C(C1=NCC2=C1CN(C(=O)c1ccncc1)C2)N1CCC(c2ccc(F)c(F)c2C(F)(F)F)CC1. The Morgan fingerprint density at radius 1 is 0.917 bits per heavy atom. The molecule has 0 spiro atoms. The summed E-state index contributed by atoms with van der Waals surface area (Å²) >= 11 is 0. The van der Waals surface area contributed by atoms with Gasteiger partial charge in [-0.3, -0.25) is 19.6 Å². The largest absolute Gasteiger partial charge is 0.419 e. The quantitative estimate of drug-likeness (QED) is 0.594. The van der Waals surface area contributed by atoms with Crippen molar-refractivity contribution in [1.82, 2.24) is 14.8 Å². The lowest BCUT2D eigenvalue weighted by atomic mass is 9.85. The van der Waals surface area contributed by atoms with Gasteiger partial charge in [-0.1, -0.05) is 6.07 Å². The van der Waals surface area contributed by atoms with Crippen LogP contribution >= 0.6 is 0 Å². The topological polar surface area (TPSA) is 65.9 Å². The summed E-state index contributed by atoms with van der Waals surface area (Å²) in [6.07, 6.45) is -1.62. The summed E-state index contributed by atoms with van der Waals surface area (Å²) < 4.78 is 67.9. The predicted octanol–water partition coefficient (Wildman–Crippen LogP) is 3.99. The van der Waals surface area contributed by atoms with E-state index >= 15 is 0 Å². The van der Waals surface area contributed by atoms with Gasteiger partial charge in [-0.2, -0.15) is 13.2 Å². The van der Waals surface area contributed by atoms with E-state index in [0.717, 1.165) is 11.6 Å². The summed E-state index contributed by atoms with van der Waals surface area (Å²) in [4.78, 5) is 37.4. The highest BCUT2D eigenvalue weighted by Crippen LogP contribution is 2.41. The molecule has 1 fully saturated rings. The predicted molar refractivity (Wildman–Crippen MR) is 119 cm³/mol. The zero-order valence-corrected chi connectivity index (χ0v) is 19.0. The van der Waals surface area contributed by atoms with E-state index in [1.807, 2.05) is 0 Å². The van der Waals surface area contributed by atoms with Crippen molar-refractivity contribution in [2.75, 3.05) is 32.7 Å². The molecule has 3 aliphatic rings. The van der Waals surface area contributed by atoms with Crippen molar-refractivity contribution in [1.29, 1.82) is 0 Å². The average Bonchev–Trinajstić information content (AvgIpc) is 3.46. The molecule has 188 valence electrons. The van der Waals surface area contributed by atoms with Crippen molar-refractivity contribution in [2.24, 2.45) is 4.99 Å². The molecule has 0 aliphatic carbocycles. The first-order valence-corrected chi connectivity index (χ1v) is 11.4. The highest BCUT2D eigenvalue weighted by Gasteiger charge is 2.41. The Morgan fingerprint density at radius 2 is 1.61 bits per heavy atom. The molecular formula is C25H21F5N4O2. The number of amides is 2. The number of rotatable bonds is 3. The van der Waals surface area contributed by atoms with Crippen LogP contribution in [-0.4, -0.2) is 65.0 Å². The van der Waals surface area contributed by atoms with Gasteiger partial charge < -0.3 is 9.80 Å². The van der Waals surface area contributed by atoms with Crippen molar-refractivity contribution in [3.05, 3.63) is 76.1 Å². The molecule has 0 atom stereocenters. The maximum atomic E-state index is 14.0. The third-order valence-electron chi connectivity index (χ3n) is 6.92. The number of benzene rings is 1. The molecular weight excluding hydrogens is 483 g/mol. The van der Waals surface area contributed by atoms with Crippen LogP contribution in [0, 0.1) is 11.6 Å². The summed E-state index contributed by atoms with van der Waals surface area (Å²) in [5.74, 6) is -4.62. The number of hydrogen-bond acceptors (Lipinski definition) is 4. The normalized spacial score (nSPS) is 18.5. The number of nitrogens with zero attached hydrogens (tertiary/aromatic N) is 4. The van der Waals surface area contributed by atoms with Gasteiger partial charge in [-0.15, -0.1) is 0 Å². The number of likely N-dealkylation sites (tertiary alicyclic amines) is 1. The number of hydrogen-bond donors (Lipinski definition) is 0. The molecule has 1 aromatic heterocycles. The highest BCUT2D eigenvalue weighted by atomic mass is 19.4. The number of piperidine rings is 1. The van der Waals surface area contributed by atoms with Gasteiger partial charge in [0.1, 0.15) is 5.71 Å². The van der Waals surface area contributed by atoms with Crippen LogP contribution in [0.25, 0.3) is 0 Å². The van der Waals surface area contributed by atoms with Gasteiger partial charge in [0.15, 0.2) is 11.6 Å². The van der Waals surface area contributed by atoms with Crippen molar-refractivity contribution in [3.8, 4) is 0 Å². The molecule has 4 heterocycles. The smallest absolute Gasteiger partial charge is 0.337 e. The Morgan fingerprint density at radius 3 is 2.28 bits per heavy atom. The molecule has 2 aromatic rings. The Labute approximate surface area is 203 Å². The summed E-state index contributed by atoms with van der Waals surface area (Å²) in [5.41, 5.74) is 0.507. The van der Waals surface area contributed by atoms with Crippen LogP contribution in [0.3, 0.4) is 0 Å². The number of halogens is 5. The van der Waals surface area contributed by atoms with Gasteiger partial charge >= 0.3 is 6.18 Å². The van der Waals surface area contributed by atoms with Gasteiger partial charge in [-0.25, -0.2) is 8.78 Å². The minimum absolute atomic E-state index is 0.154. The van der Waals surface area contributed by atoms with Crippen LogP contribution in [-0.2, 0) is 11.0 Å². The fraction of sp³-hybridized carbons (Fsp3) is 0.360. The summed E-state index contributed by atoms with van der Waals surface area (Å²) in [5, 5.41) is 0. The Balaban J connectivity index is 1.25. The first kappa shape index (κ1) is 24.1. The van der Waals surface area contributed by atoms with Crippen molar-refractivity contribution >= 4 is 17.5 Å². The molecule has 36 heavy (non-hydrogen) atoms. The van der Waals surface area contributed by atoms with Gasteiger partial charge in [0.05, 0.1) is 12.1 Å². The van der Waals surface area contributed by atoms with E-state index in [4.69, 9.17) is 0 Å². The van der Waals surface area contributed by atoms with Crippen LogP contribution in [0.4, 0.5) is 22.0 Å². The molecule has 6 nitrogen and oxygen atoms in total. The molecule has 3 aliphatic heterocycles. The zero-order valence-electron chi connectivity index (χ0n) is 19.0. The minimum Gasteiger partial charge on any atom is -0.337 e. The number of aromatic nitrogens is 1. The standard InChI is InChI=1S/C25H21F5N4O2/c26-19-2-1-17(20(21(19)27)25(28,29)30)14-5-9-33(10-6-14)24(36)22-18-13-34(12-16(18)11-32-22)23(35)15-3-7-31-8-4-15/h1-4,7-8,14H,5-6,9-13H2. The van der Waals surface area contributed by atoms with E-state index in [2.05, 4.69) is 9.98 Å². The van der Waals surface area contributed by atoms with Crippen LogP contribution < -0.4 is 0 Å². The van der Waals surface area contributed by atoms with Gasteiger partial charge in [-0.05, 0) is 48.1 Å². The monoisotopic (exact) mass is 504 g/mol. The number of aliphatic imine (C=N–C) groups is 1. The van der Waals surface area contributed by atoms with E-state index in [9.17, 15) is 31.5 Å². The molecule has 1 saturated heterocycles. The van der Waals surface area contributed by atoms with Crippen LogP contribution in [0.1, 0.15) is 40.2 Å². The lowest BCUT2D eigenvalue weighted by Gasteiger charge is -2.33. The van der Waals surface area contributed by atoms with E-state index in [1.54, 1.807) is 17.0 Å².